The first-order valence-electron chi connectivity index (χ1n) is 5.31. The van der Waals surface area contributed by atoms with Crippen molar-refractivity contribution in [1.29, 1.82) is 0 Å². The van der Waals surface area contributed by atoms with Gasteiger partial charge in [-0.05, 0) is 30.8 Å². The third-order valence-corrected chi connectivity index (χ3v) is 4.52. The van der Waals surface area contributed by atoms with Crippen molar-refractivity contribution in [2.75, 3.05) is 11.5 Å². The minimum atomic E-state index is 0.396. The molecule has 0 spiro atoms. The van der Waals surface area contributed by atoms with Crippen LogP contribution in [0, 0.1) is 0 Å². The number of allylic oxidation sites excluding steroid dienone is 1. The lowest BCUT2D eigenvalue weighted by molar-refractivity contribution is -0.116. The van der Waals surface area contributed by atoms with Crippen LogP contribution in [0.15, 0.2) is 9.81 Å². The van der Waals surface area contributed by atoms with E-state index in [1.165, 1.54) is 10.7 Å². The molecule has 0 aliphatic heterocycles. The summed E-state index contributed by atoms with van der Waals surface area (Å²) in [6, 6.07) is 0. The third kappa shape index (κ3) is 3.35. The van der Waals surface area contributed by atoms with Crippen molar-refractivity contribution in [3.63, 3.8) is 0 Å². The lowest BCUT2D eigenvalue weighted by atomic mass is 9.95. The van der Waals surface area contributed by atoms with E-state index in [1.54, 1.807) is 0 Å². The van der Waals surface area contributed by atoms with Crippen LogP contribution in [0.5, 0.6) is 0 Å². The highest BCUT2D eigenvalue weighted by molar-refractivity contribution is 8.22. The molecule has 0 radical (unpaired) electrons. The lowest BCUT2D eigenvalue weighted by Crippen LogP contribution is -2.09. The lowest BCUT2D eigenvalue weighted by Gasteiger charge is -2.16. The predicted molar refractivity (Wildman–Crippen MR) is 66.8 cm³/mol. The molecule has 0 aromatic heterocycles. The summed E-state index contributed by atoms with van der Waals surface area (Å²) < 4.78 is 1.29. The van der Waals surface area contributed by atoms with Gasteiger partial charge in [0, 0.05) is 16.2 Å². The van der Waals surface area contributed by atoms with E-state index in [1.807, 2.05) is 23.5 Å². The van der Waals surface area contributed by atoms with Crippen LogP contribution in [0.4, 0.5) is 0 Å². The fourth-order valence-electron chi connectivity index (χ4n) is 1.57. The highest BCUT2D eigenvalue weighted by Gasteiger charge is 2.19. The maximum absolute atomic E-state index is 11.7. The van der Waals surface area contributed by atoms with Gasteiger partial charge in [-0.15, -0.1) is 23.5 Å². The molecule has 1 nitrogen and oxygen atoms in total. The molecule has 1 rings (SSSR count). The fourth-order valence-corrected chi connectivity index (χ4v) is 3.92. The SMILES string of the molecule is CCSC(SCC)=C1CCCCC1=O. The van der Waals surface area contributed by atoms with E-state index < -0.39 is 0 Å². The molecular formula is C11H18OS2. The van der Waals surface area contributed by atoms with Gasteiger partial charge in [0.15, 0.2) is 5.78 Å². The first-order chi connectivity index (χ1) is 6.79. The van der Waals surface area contributed by atoms with Crippen molar-refractivity contribution in [1.82, 2.24) is 0 Å². The maximum Gasteiger partial charge on any atom is 0.160 e. The summed E-state index contributed by atoms with van der Waals surface area (Å²) in [6.07, 6.45) is 4.06. The van der Waals surface area contributed by atoms with E-state index >= 15 is 0 Å². The largest absolute Gasteiger partial charge is 0.294 e. The van der Waals surface area contributed by atoms with Gasteiger partial charge >= 0.3 is 0 Å². The predicted octanol–water partition coefficient (Wildman–Crippen LogP) is 3.85. The Hall–Kier alpha value is 0.110. The van der Waals surface area contributed by atoms with Gasteiger partial charge < -0.3 is 0 Å². The molecule has 0 aromatic carbocycles. The Bertz CT molecular complexity index is 225. The van der Waals surface area contributed by atoms with E-state index in [4.69, 9.17) is 0 Å². The number of rotatable bonds is 4. The second kappa shape index (κ2) is 6.57. The van der Waals surface area contributed by atoms with E-state index in [-0.39, 0.29) is 0 Å². The Kier molecular flexibility index (Phi) is 5.71. The van der Waals surface area contributed by atoms with Crippen LogP contribution in [-0.2, 0) is 4.79 Å². The zero-order valence-electron chi connectivity index (χ0n) is 8.97. The molecule has 3 heteroatoms. The normalized spacial score (nSPS) is 17.3. The van der Waals surface area contributed by atoms with Crippen LogP contribution >= 0.6 is 23.5 Å². The number of carbonyl (C=O) groups is 1. The number of carbonyl (C=O) groups excluding carboxylic acids is 1. The average Bonchev–Trinajstić information content (AvgIpc) is 2.18. The van der Waals surface area contributed by atoms with E-state index in [0.29, 0.717) is 5.78 Å². The van der Waals surface area contributed by atoms with Gasteiger partial charge in [-0.2, -0.15) is 0 Å². The molecule has 80 valence electrons. The van der Waals surface area contributed by atoms with Crippen molar-refractivity contribution in [2.24, 2.45) is 0 Å². The molecule has 0 amide bonds. The van der Waals surface area contributed by atoms with Gasteiger partial charge in [-0.1, -0.05) is 13.8 Å². The van der Waals surface area contributed by atoms with Crippen molar-refractivity contribution in [3.05, 3.63) is 9.81 Å². The Balaban J connectivity index is 2.76. The molecule has 0 saturated heterocycles. The second-order valence-corrected chi connectivity index (χ2v) is 6.07. The minimum Gasteiger partial charge on any atom is -0.294 e. The van der Waals surface area contributed by atoms with Gasteiger partial charge in [0.25, 0.3) is 0 Å². The Morgan fingerprint density at radius 2 is 1.71 bits per heavy atom. The first-order valence-corrected chi connectivity index (χ1v) is 7.28. The minimum absolute atomic E-state index is 0.396. The summed E-state index contributed by atoms with van der Waals surface area (Å²) in [7, 11) is 0. The Labute approximate surface area is 95.1 Å². The van der Waals surface area contributed by atoms with Crippen molar-refractivity contribution >= 4 is 29.3 Å². The van der Waals surface area contributed by atoms with Crippen molar-refractivity contribution in [2.45, 2.75) is 39.5 Å². The molecule has 0 aromatic rings. The van der Waals surface area contributed by atoms with Gasteiger partial charge in [0.1, 0.15) is 0 Å². The highest BCUT2D eigenvalue weighted by atomic mass is 32.2. The average molecular weight is 230 g/mol. The number of thioether (sulfide) groups is 2. The molecule has 0 N–H and O–H groups in total. The number of hydrogen-bond acceptors (Lipinski definition) is 3. The third-order valence-electron chi connectivity index (χ3n) is 2.21. The molecule has 1 aliphatic carbocycles. The smallest absolute Gasteiger partial charge is 0.160 e. The summed E-state index contributed by atoms with van der Waals surface area (Å²) in [5.74, 6) is 2.53. The number of Topliss-reactive ketones (excluding diaryl/α,β-unsaturated/α-hetero) is 1. The molecule has 1 fully saturated rings. The highest BCUT2D eigenvalue weighted by Crippen LogP contribution is 2.36. The Morgan fingerprint density at radius 3 is 2.21 bits per heavy atom. The topological polar surface area (TPSA) is 17.1 Å². The van der Waals surface area contributed by atoms with Crippen LogP contribution in [0.2, 0.25) is 0 Å². The van der Waals surface area contributed by atoms with Crippen LogP contribution < -0.4 is 0 Å². The molecule has 0 bridgehead atoms. The van der Waals surface area contributed by atoms with Crippen molar-refractivity contribution in [3.8, 4) is 0 Å². The molecular weight excluding hydrogens is 212 g/mol. The summed E-state index contributed by atoms with van der Waals surface area (Å²) in [4.78, 5) is 11.7. The summed E-state index contributed by atoms with van der Waals surface area (Å²) in [5.41, 5.74) is 1.12. The zero-order chi connectivity index (χ0) is 10.4. The van der Waals surface area contributed by atoms with E-state index in [9.17, 15) is 4.79 Å². The zero-order valence-corrected chi connectivity index (χ0v) is 10.6. The second-order valence-electron chi connectivity index (χ2n) is 3.26. The fraction of sp³-hybridized carbons (Fsp3) is 0.727. The monoisotopic (exact) mass is 230 g/mol. The van der Waals surface area contributed by atoms with Gasteiger partial charge in [-0.3, -0.25) is 4.79 Å². The summed E-state index contributed by atoms with van der Waals surface area (Å²) in [5, 5.41) is 0. The quantitative estimate of drug-likeness (QED) is 0.683. The molecule has 1 aliphatic rings. The summed E-state index contributed by atoms with van der Waals surface area (Å²) in [6.45, 7) is 4.30. The molecule has 0 heterocycles. The van der Waals surface area contributed by atoms with E-state index in [2.05, 4.69) is 13.8 Å². The van der Waals surface area contributed by atoms with Gasteiger partial charge in [-0.25, -0.2) is 0 Å². The Morgan fingerprint density at radius 1 is 1.14 bits per heavy atom. The number of hydrogen-bond donors (Lipinski definition) is 0. The molecule has 0 unspecified atom stereocenters. The first kappa shape index (κ1) is 12.2. The summed E-state index contributed by atoms with van der Waals surface area (Å²) >= 11 is 3.67. The van der Waals surface area contributed by atoms with Gasteiger partial charge in [0.2, 0.25) is 0 Å². The van der Waals surface area contributed by atoms with Crippen LogP contribution in [0.25, 0.3) is 0 Å². The van der Waals surface area contributed by atoms with Crippen LogP contribution in [0.1, 0.15) is 39.5 Å². The van der Waals surface area contributed by atoms with Crippen molar-refractivity contribution < 1.29 is 4.79 Å². The van der Waals surface area contributed by atoms with Crippen LogP contribution in [0.3, 0.4) is 0 Å². The van der Waals surface area contributed by atoms with E-state index in [0.717, 1.165) is 36.3 Å². The molecule has 0 atom stereocenters. The van der Waals surface area contributed by atoms with Crippen LogP contribution in [-0.4, -0.2) is 17.3 Å². The maximum atomic E-state index is 11.7. The number of ketones is 1. The van der Waals surface area contributed by atoms with Gasteiger partial charge in [0.05, 0.1) is 0 Å². The molecule has 1 saturated carbocycles. The molecule has 14 heavy (non-hydrogen) atoms. The standard InChI is InChI=1S/C11H18OS2/c1-3-13-11(14-4-2)9-7-5-6-8-10(9)12/h3-8H2,1-2H3.